The lowest BCUT2D eigenvalue weighted by Crippen LogP contribution is -2.82. The molecule has 0 bridgehead atoms. The zero-order valence-corrected chi connectivity index (χ0v) is 27.1. The van der Waals surface area contributed by atoms with Gasteiger partial charge in [-0.25, -0.2) is 87.8 Å². The zero-order chi connectivity index (χ0) is 41.3. The summed E-state index contributed by atoms with van der Waals surface area (Å²) in [7, 11) is -4.61. The Hall–Kier alpha value is -4.88. The van der Waals surface area contributed by atoms with Crippen LogP contribution in [0, 0.1) is 116 Å². The highest BCUT2D eigenvalue weighted by atomic mass is 31.1. The molecule has 0 aliphatic rings. The maximum absolute atomic E-state index is 15.9. The first-order valence-electron chi connectivity index (χ1n) is 14.6. The van der Waals surface area contributed by atoms with Crippen LogP contribution in [0.25, 0.3) is 0 Å². The van der Waals surface area contributed by atoms with Crippen LogP contribution in [0.15, 0.2) is 30.6 Å². The van der Waals surface area contributed by atoms with E-state index < -0.39 is 164 Å². The summed E-state index contributed by atoms with van der Waals surface area (Å²) in [5.74, 6) is -60.2. The lowest BCUT2D eigenvalue weighted by molar-refractivity contribution is -0.542. The average molecular weight is 831 g/mol. The molecule has 4 aromatic carbocycles. The topological polar surface area (TPSA) is 3.88 Å². The van der Waals surface area contributed by atoms with E-state index in [9.17, 15) is 52.7 Å². The van der Waals surface area contributed by atoms with Crippen molar-refractivity contribution in [2.45, 2.75) is 18.9 Å². The zero-order valence-electron chi connectivity index (χ0n) is 26.2. The third-order valence-electron chi connectivity index (χ3n) is 8.67. The fourth-order valence-electron chi connectivity index (χ4n) is 6.35. The number of hydrogen-bond donors (Lipinski definition) is 0. The summed E-state index contributed by atoms with van der Waals surface area (Å²) in [5.41, 5.74) is -7.88. The molecule has 0 fully saturated rings. The first-order valence-corrected chi connectivity index (χ1v) is 16.0. The van der Waals surface area contributed by atoms with E-state index in [-0.39, 0.29) is 11.4 Å². The highest BCUT2D eigenvalue weighted by molar-refractivity contribution is 7.73. The maximum Gasteiger partial charge on any atom is 0.344 e. The van der Waals surface area contributed by atoms with E-state index in [1.807, 2.05) is 0 Å². The number of rotatable bonds is 8. The molecule has 0 saturated carbocycles. The van der Waals surface area contributed by atoms with Gasteiger partial charge in [-0.2, -0.15) is 0 Å². The van der Waals surface area contributed by atoms with E-state index in [0.717, 1.165) is 18.2 Å². The smallest absolute Gasteiger partial charge is 0.344 e. The van der Waals surface area contributed by atoms with Gasteiger partial charge in [0.05, 0.1) is 10.6 Å². The molecule has 1 heterocycles. The van der Waals surface area contributed by atoms with Gasteiger partial charge in [-0.1, -0.05) is 30.2 Å². The van der Waals surface area contributed by atoms with Gasteiger partial charge in [0.15, 0.2) is 81.4 Å². The summed E-state index contributed by atoms with van der Waals surface area (Å²) in [6, 6.07) is 2.43. The van der Waals surface area contributed by atoms with Crippen molar-refractivity contribution in [3.05, 3.63) is 147 Å². The molecular weight excluding hydrogens is 820 g/mol. The predicted octanol–water partition coefficient (Wildman–Crippen LogP) is 7.89. The van der Waals surface area contributed by atoms with Gasteiger partial charge in [0.25, 0.3) is 0 Å². The van der Waals surface area contributed by atoms with Crippen molar-refractivity contribution in [1.82, 2.24) is 0 Å². The third-order valence-corrected chi connectivity index (χ3v) is 11.5. The fourth-order valence-corrected chi connectivity index (χ4v) is 9.21. The average Bonchev–Trinajstić information content (AvgIpc) is 3.17. The lowest BCUT2D eigenvalue weighted by Gasteiger charge is -2.40. The number of aromatic nitrogens is 1. The summed E-state index contributed by atoms with van der Waals surface area (Å²) >= 11 is 0. The Morgan fingerprint density at radius 2 is 0.618 bits per heavy atom. The summed E-state index contributed by atoms with van der Waals surface area (Å²) in [4.78, 5) is 0. The van der Waals surface area contributed by atoms with Gasteiger partial charge in [-0.05, 0) is 25.7 Å². The Morgan fingerprint density at radius 3 is 0.891 bits per heavy atom. The molecule has 0 aliphatic carbocycles. The molecule has 23 heteroatoms. The molecule has 5 aromatic rings. The van der Waals surface area contributed by atoms with E-state index in [4.69, 9.17) is 0 Å². The molecule has 5 rings (SSSR count). The van der Waals surface area contributed by atoms with Crippen molar-refractivity contribution in [3.63, 3.8) is 0 Å². The Labute approximate surface area is 294 Å². The van der Waals surface area contributed by atoms with Crippen molar-refractivity contribution in [2.75, 3.05) is 0 Å². The van der Waals surface area contributed by atoms with Crippen LogP contribution in [-0.2, 0) is 0 Å². The van der Waals surface area contributed by atoms with Crippen LogP contribution >= 0.6 is 7.92 Å². The minimum atomic E-state index is -5.36. The number of hydrogen-bond acceptors (Lipinski definition) is 0. The summed E-state index contributed by atoms with van der Waals surface area (Å²) in [6.07, 6.45) is -6.71. The Kier molecular flexibility index (Phi) is 11.0. The van der Waals surface area contributed by atoms with Crippen LogP contribution < -0.4 is 26.0 Å². The SMILES string of the molecule is C[C@H](C[B-](c1c(F)c(F)c(F)c(F)c1F)(c1c(F)c(F)c(F)c(F)c1F)[n+]1ccccc1)P(c1c(F)c(F)c(F)c(F)c1F)c1c(F)c(F)c(F)c(F)c1F. The van der Waals surface area contributed by atoms with Crippen molar-refractivity contribution in [3.8, 4) is 0 Å². The normalized spacial score (nSPS) is 12.6. The fraction of sp³-hybridized carbons (Fsp3) is 0.0938. The van der Waals surface area contributed by atoms with E-state index in [1.54, 1.807) is 0 Å². The van der Waals surface area contributed by atoms with Crippen LogP contribution in [0.1, 0.15) is 6.92 Å². The Bertz CT molecular complexity index is 2150. The second-order valence-electron chi connectivity index (χ2n) is 11.6. The van der Waals surface area contributed by atoms with Crippen LogP contribution in [0.4, 0.5) is 87.8 Å². The van der Waals surface area contributed by atoms with E-state index in [2.05, 4.69) is 0 Å². The highest BCUT2D eigenvalue weighted by Crippen LogP contribution is 2.47. The van der Waals surface area contributed by atoms with E-state index in [0.29, 0.717) is 12.4 Å². The number of nitrogens with zero attached hydrogens (tertiary/aromatic N) is 1. The Morgan fingerprint density at radius 1 is 0.382 bits per heavy atom. The molecule has 0 unspecified atom stereocenters. The summed E-state index contributed by atoms with van der Waals surface area (Å²) in [5, 5.41) is -4.89. The van der Waals surface area contributed by atoms with E-state index in [1.165, 1.54) is 0 Å². The monoisotopic (exact) mass is 831 g/mol. The van der Waals surface area contributed by atoms with E-state index >= 15 is 35.1 Å². The molecular formula is C32H11BF20NP. The first-order chi connectivity index (χ1) is 25.6. The molecule has 0 saturated heterocycles. The molecule has 0 N–H and O–H groups in total. The largest absolute Gasteiger partial charge is 0.419 e. The Balaban J connectivity index is 2.07. The minimum Gasteiger partial charge on any atom is -0.419 e. The van der Waals surface area contributed by atoms with Crippen molar-refractivity contribution < 1.29 is 92.3 Å². The molecule has 1 nitrogen and oxygen atoms in total. The molecule has 292 valence electrons. The molecule has 0 spiro atoms. The van der Waals surface area contributed by atoms with Crippen LogP contribution in [0.2, 0.25) is 6.32 Å². The van der Waals surface area contributed by atoms with Gasteiger partial charge in [-0.3, -0.25) is 0 Å². The summed E-state index contributed by atoms with van der Waals surface area (Å²) < 4.78 is 300. The molecule has 1 aromatic heterocycles. The standard InChI is InChI=1S/C32H11BF20NP/c1-8(55(31-27(50)23(46)21(44)24(47)28(31)51)32-29(52)25(48)22(45)26(49)30(32)53)7-33(54-5-3-2-4-6-54,9-11(34)15(38)19(42)16(39)12(9)35)10-13(36)17(40)20(43)18(41)14(10)37/h2-6,8H,7H2,1H3/t8-/m1/s1. The quantitative estimate of drug-likeness (QED) is 0.0493. The molecule has 0 amide bonds. The second kappa shape index (κ2) is 14.7. The lowest BCUT2D eigenvalue weighted by atomic mass is 9.24. The highest BCUT2D eigenvalue weighted by Gasteiger charge is 2.54. The van der Waals surface area contributed by atoms with Crippen molar-refractivity contribution >= 4 is 35.7 Å². The van der Waals surface area contributed by atoms with Crippen LogP contribution in [0.3, 0.4) is 0 Å². The first kappa shape index (κ1) is 41.3. The molecule has 1 atom stereocenters. The number of benzene rings is 4. The second-order valence-corrected chi connectivity index (χ2v) is 14.1. The number of halogens is 20. The summed E-state index contributed by atoms with van der Waals surface area (Å²) in [6.45, 7) is 0.278. The van der Waals surface area contributed by atoms with Gasteiger partial charge in [0.2, 0.25) is 11.6 Å². The van der Waals surface area contributed by atoms with Gasteiger partial charge in [0, 0.05) is 0 Å². The van der Waals surface area contributed by atoms with Gasteiger partial charge >= 0.3 is 6.28 Å². The van der Waals surface area contributed by atoms with Gasteiger partial charge < -0.3 is 4.48 Å². The molecule has 55 heavy (non-hydrogen) atoms. The maximum atomic E-state index is 15.9. The van der Waals surface area contributed by atoms with Gasteiger partial charge in [0.1, 0.15) is 35.7 Å². The van der Waals surface area contributed by atoms with Crippen LogP contribution in [0.5, 0.6) is 0 Å². The third kappa shape index (κ3) is 6.06. The van der Waals surface area contributed by atoms with Crippen LogP contribution in [-0.4, -0.2) is 11.9 Å². The van der Waals surface area contributed by atoms with Crippen molar-refractivity contribution in [1.29, 1.82) is 0 Å². The van der Waals surface area contributed by atoms with Crippen molar-refractivity contribution in [2.24, 2.45) is 0 Å². The van der Waals surface area contributed by atoms with Gasteiger partial charge in [-0.15, -0.1) is 0 Å². The molecule has 0 radical (unpaired) electrons. The predicted molar refractivity (Wildman–Crippen MR) is 152 cm³/mol. The minimum absolute atomic E-state index is 0.0255. The number of pyridine rings is 1. The molecule has 0 aliphatic heterocycles.